The number of hydrogen-bond acceptors (Lipinski definition) is 2. The van der Waals surface area contributed by atoms with Gasteiger partial charge in [0, 0.05) is 11.7 Å². The Morgan fingerprint density at radius 3 is 2.32 bits per heavy atom. The van der Waals surface area contributed by atoms with Crippen LogP contribution in [0.4, 0.5) is 10.5 Å². The molecule has 0 heterocycles. The Morgan fingerprint density at radius 2 is 1.79 bits per heavy atom. The molecular formula is C14H21N3O2. The van der Waals surface area contributed by atoms with E-state index < -0.39 is 0 Å². The van der Waals surface area contributed by atoms with Crippen molar-refractivity contribution in [2.45, 2.75) is 33.2 Å². The van der Waals surface area contributed by atoms with Crippen LogP contribution < -0.4 is 16.0 Å². The molecule has 0 unspecified atom stereocenters. The van der Waals surface area contributed by atoms with Crippen LogP contribution in [0, 0.1) is 0 Å². The van der Waals surface area contributed by atoms with Gasteiger partial charge in [-0.2, -0.15) is 0 Å². The molecule has 3 amide bonds. The summed E-state index contributed by atoms with van der Waals surface area (Å²) in [6, 6.07) is 7.34. The quantitative estimate of drug-likeness (QED) is 0.759. The fourth-order valence-corrected chi connectivity index (χ4v) is 1.50. The Balaban J connectivity index is 2.36. The molecular weight excluding hydrogens is 242 g/mol. The van der Waals surface area contributed by atoms with Crippen molar-refractivity contribution < 1.29 is 9.59 Å². The van der Waals surface area contributed by atoms with Crippen LogP contribution in [0.15, 0.2) is 24.3 Å². The predicted octanol–water partition coefficient (Wildman–Crippen LogP) is 1.90. The van der Waals surface area contributed by atoms with Gasteiger partial charge >= 0.3 is 6.03 Å². The van der Waals surface area contributed by atoms with Gasteiger partial charge < -0.3 is 16.0 Å². The average Bonchev–Trinajstić information content (AvgIpc) is 2.36. The third kappa shape index (κ3) is 5.90. The largest absolute Gasteiger partial charge is 0.336 e. The maximum atomic E-state index is 11.6. The first kappa shape index (κ1) is 15.0. The van der Waals surface area contributed by atoms with Crippen LogP contribution in [-0.2, 0) is 11.2 Å². The molecule has 0 spiro atoms. The van der Waals surface area contributed by atoms with Crippen LogP contribution in [0.5, 0.6) is 0 Å². The number of amides is 3. The predicted molar refractivity (Wildman–Crippen MR) is 76.1 cm³/mol. The fourth-order valence-electron chi connectivity index (χ4n) is 1.50. The van der Waals surface area contributed by atoms with E-state index >= 15 is 0 Å². The Morgan fingerprint density at radius 1 is 1.16 bits per heavy atom. The summed E-state index contributed by atoms with van der Waals surface area (Å²) in [7, 11) is 0. The van der Waals surface area contributed by atoms with Crippen molar-refractivity contribution >= 4 is 17.6 Å². The van der Waals surface area contributed by atoms with Crippen molar-refractivity contribution in [3.05, 3.63) is 29.8 Å². The number of urea groups is 1. The summed E-state index contributed by atoms with van der Waals surface area (Å²) in [6.45, 7) is 5.74. The minimum atomic E-state index is -0.341. The lowest BCUT2D eigenvalue weighted by molar-refractivity contribution is -0.115. The van der Waals surface area contributed by atoms with Gasteiger partial charge in [0.25, 0.3) is 0 Å². The highest BCUT2D eigenvalue weighted by Crippen LogP contribution is 2.09. The molecule has 5 nitrogen and oxygen atoms in total. The maximum absolute atomic E-state index is 11.6. The number of rotatable bonds is 5. The molecule has 0 fully saturated rings. The van der Waals surface area contributed by atoms with Crippen LogP contribution in [0.1, 0.15) is 26.3 Å². The number of hydrogen-bond donors (Lipinski definition) is 3. The van der Waals surface area contributed by atoms with Gasteiger partial charge in [-0.05, 0) is 38.0 Å². The zero-order valence-electron chi connectivity index (χ0n) is 11.6. The smallest absolute Gasteiger partial charge is 0.315 e. The molecule has 0 atom stereocenters. The molecule has 0 saturated carbocycles. The van der Waals surface area contributed by atoms with Crippen molar-refractivity contribution in [2.75, 3.05) is 11.9 Å². The second-order valence-electron chi connectivity index (χ2n) is 4.58. The fraction of sp³-hybridized carbons (Fsp3) is 0.429. The van der Waals surface area contributed by atoms with Gasteiger partial charge in [-0.25, -0.2) is 4.79 Å². The Bertz CT molecular complexity index is 427. The third-order valence-corrected chi connectivity index (χ3v) is 2.48. The van der Waals surface area contributed by atoms with Gasteiger partial charge in [0.15, 0.2) is 0 Å². The summed E-state index contributed by atoms with van der Waals surface area (Å²) in [6.07, 6.45) is 0.963. The molecule has 104 valence electrons. The van der Waals surface area contributed by atoms with E-state index in [1.807, 2.05) is 38.1 Å². The summed E-state index contributed by atoms with van der Waals surface area (Å²) >= 11 is 0. The number of benzene rings is 1. The first-order chi connectivity index (χ1) is 9.01. The number of carbonyl (C=O) groups excluding carboxylic acids is 2. The summed E-state index contributed by atoms with van der Waals surface area (Å²) < 4.78 is 0. The van der Waals surface area contributed by atoms with Gasteiger partial charge in [0.1, 0.15) is 0 Å². The van der Waals surface area contributed by atoms with Crippen molar-refractivity contribution in [1.29, 1.82) is 0 Å². The maximum Gasteiger partial charge on any atom is 0.315 e. The van der Waals surface area contributed by atoms with Gasteiger partial charge in [-0.1, -0.05) is 19.1 Å². The van der Waals surface area contributed by atoms with E-state index in [0.29, 0.717) is 0 Å². The van der Waals surface area contributed by atoms with Crippen LogP contribution in [-0.4, -0.2) is 24.5 Å². The van der Waals surface area contributed by atoms with E-state index in [0.717, 1.165) is 12.1 Å². The van der Waals surface area contributed by atoms with Crippen LogP contribution in [0.25, 0.3) is 0 Å². The molecule has 0 aromatic heterocycles. The molecule has 0 aliphatic carbocycles. The molecule has 0 aliphatic heterocycles. The Labute approximate surface area is 113 Å². The Kier molecular flexibility index (Phi) is 5.85. The van der Waals surface area contributed by atoms with E-state index in [9.17, 15) is 9.59 Å². The first-order valence-corrected chi connectivity index (χ1v) is 6.44. The highest BCUT2D eigenvalue weighted by molar-refractivity contribution is 5.94. The Hall–Kier alpha value is -2.04. The zero-order valence-corrected chi connectivity index (χ0v) is 11.6. The number of anilines is 1. The van der Waals surface area contributed by atoms with Crippen molar-refractivity contribution in [2.24, 2.45) is 0 Å². The number of nitrogens with one attached hydrogen (secondary N) is 3. The first-order valence-electron chi connectivity index (χ1n) is 6.44. The highest BCUT2D eigenvalue weighted by atomic mass is 16.2. The van der Waals surface area contributed by atoms with Crippen LogP contribution in [0.2, 0.25) is 0 Å². The molecule has 0 aliphatic rings. The van der Waals surface area contributed by atoms with E-state index in [1.165, 1.54) is 5.56 Å². The normalized spacial score (nSPS) is 10.1. The van der Waals surface area contributed by atoms with E-state index in [2.05, 4.69) is 22.9 Å². The molecule has 1 rings (SSSR count). The third-order valence-electron chi connectivity index (χ3n) is 2.48. The van der Waals surface area contributed by atoms with Crippen molar-refractivity contribution in [3.63, 3.8) is 0 Å². The summed E-state index contributed by atoms with van der Waals surface area (Å²) in [5.41, 5.74) is 1.95. The van der Waals surface area contributed by atoms with E-state index in [1.54, 1.807) is 0 Å². The van der Waals surface area contributed by atoms with Crippen LogP contribution >= 0.6 is 0 Å². The van der Waals surface area contributed by atoms with Crippen molar-refractivity contribution in [3.8, 4) is 0 Å². The standard InChI is InChI=1S/C14H21N3O2/c1-4-11-5-7-12(8-6-11)17-13(18)9-15-14(19)16-10(2)3/h5-8,10H,4,9H2,1-3H3,(H,17,18)(H2,15,16,19). The monoisotopic (exact) mass is 263 g/mol. The SMILES string of the molecule is CCc1ccc(NC(=O)CNC(=O)NC(C)C)cc1. The summed E-state index contributed by atoms with van der Waals surface area (Å²) in [5, 5.41) is 7.86. The van der Waals surface area contributed by atoms with E-state index in [4.69, 9.17) is 0 Å². The second-order valence-corrected chi connectivity index (χ2v) is 4.58. The van der Waals surface area contributed by atoms with Gasteiger partial charge in [-0.3, -0.25) is 4.79 Å². The molecule has 19 heavy (non-hydrogen) atoms. The molecule has 0 bridgehead atoms. The highest BCUT2D eigenvalue weighted by Gasteiger charge is 2.06. The molecule has 5 heteroatoms. The zero-order chi connectivity index (χ0) is 14.3. The second kappa shape index (κ2) is 7.41. The van der Waals surface area contributed by atoms with Crippen molar-refractivity contribution in [1.82, 2.24) is 10.6 Å². The minimum Gasteiger partial charge on any atom is -0.336 e. The summed E-state index contributed by atoms with van der Waals surface area (Å²) in [5.74, 6) is -0.247. The van der Waals surface area contributed by atoms with Gasteiger partial charge in [0.05, 0.1) is 6.54 Å². The minimum absolute atomic E-state index is 0.0460. The van der Waals surface area contributed by atoms with Crippen LogP contribution in [0.3, 0.4) is 0 Å². The lowest BCUT2D eigenvalue weighted by atomic mass is 10.1. The molecule has 1 aromatic carbocycles. The topological polar surface area (TPSA) is 70.2 Å². The number of carbonyl (C=O) groups is 2. The number of aryl methyl sites for hydroxylation is 1. The molecule has 0 saturated heterocycles. The molecule has 0 radical (unpaired) electrons. The van der Waals surface area contributed by atoms with E-state index in [-0.39, 0.29) is 24.5 Å². The molecule has 1 aromatic rings. The lowest BCUT2D eigenvalue weighted by Gasteiger charge is -2.10. The van der Waals surface area contributed by atoms with Gasteiger partial charge in [0.2, 0.25) is 5.91 Å². The molecule has 3 N–H and O–H groups in total. The van der Waals surface area contributed by atoms with Gasteiger partial charge in [-0.15, -0.1) is 0 Å². The summed E-state index contributed by atoms with van der Waals surface area (Å²) in [4.78, 5) is 22.9. The average molecular weight is 263 g/mol. The lowest BCUT2D eigenvalue weighted by Crippen LogP contribution is -2.42.